The highest BCUT2D eigenvalue weighted by Crippen LogP contribution is 2.31. The summed E-state index contributed by atoms with van der Waals surface area (Å²) in [5.74, 6) is 2.37. The van der Waals surface area contributed by atoms with E-state index in [9.17, 15) is 4.79 Å². The van der Waals surface area contributed by atoms with Crippen molar-refractivity contribution in [2.24, 2.45) is 18.9 Å². The number of aryl methyl sites for hydroxylation is 1. The molecule has 1 aliphatic carbocycles. The van der Waals surface area contributed by atoms with Crippen LogP contribution in [0.25, 0.3) is 11.0 Å². The lowest BCUT2D eigenvalue weighted by atomic mass is 9.78. The summed E-state index contributed by atoms with van der Waals surface area (Å²) in [6.45, 7) is 2.26. The number of carbonyl (C=O) groups is 1. The van der Waals surface area contributed by atoms with Gasteiger partial charge in [-0.15, -0.1) is 0 Å². The minimum Gasteiger partial charge on any atom is -0.331 e. The van der Waals surface area contributed by atoms with E-state index in [1.807, 2.05) is 25.2 Å². The first kappa shape index (κ1) is 14.3. The van der Waals surface area contributed by atoms with Crippen molar-refractivity contribution in [2.45, 2.75) is 45.4 Å². The summed E-state index contributed by atoms with van der Waals surface area (Å²) in [5.41, 5.74) is 2.09. The van der Waals surface area contributed by atoms with Crippen LogP contribution in [0.3, 0.4) is 0 Å². The van der Waals surface area contributed by atoms with Crippen molar-refractivity contribution >= 4 is 16.8 Å². The van der Waals surface area contributed by atoms with E-state index < -0.39 is 0 Å². The van der Waals surface area contributed by atoms with Gasteiger partial charge in [-0.2, -0.15) is 0 Å². The molecule has 0 amide bonds. The molecule has 21 heavy (non-hydrogen) atoms. The molecule has 1 fully saturated rings. The lowest BCUT2D eigenvalue weighted by Crippen LogP contribution is -2.24. The van der Waals surface area contributed by atoms with Crippen molar-refractivity contribution in [3.8, 4) is 0 Å². The summed E-state index contributed by atoms with van der Waals surface area (Å²) in [6.07, 6.45) is 6.31. The molecule has 1 aliphatic rings. The minimum atomic E-state index is 0.257. The van der Waals surface area contributed by atoms with E-state index in [-0.39, 0.29) is 5.92 Å². The zero-order valence-electron chi connectivity index (χ0n) is 13.0. The minimum absolute atomic E-state index is 0.257. The summed E-state index contributed by atoms with van der Waals surface area (Å²) in [7, 11) is 2.01. The maximum atomic E-state index is 12.5. The van der Waals surface area contributed by atoms with E-state index in [0.29, 0.717) is 12.2 Å². The molecule has 3 heteroatoms. The number of Topliss-reactive ketones (excluding diaryl/α,β-unsaturated/α-hetero) is 1. The molecule has 0 bridgehead atoms. The van der Waals surface area contributed by atoms with Gasteiger partial charge in [-0.3, -0.25) is 4.79 Å². The third kappa shape index (κ3) is 2.87. The molecule has 0 aliphatic heterocycles. The number of nitrogens with zero attached hydrogens (tertiary/aromatic N) is 2. The van der Waals surface area contributed by atoms with Gasteiger partial charge in [-0.25, -0.2) is 4.98 Å². The van der Waals surface area contributed by atoms with Crippen LogP contribution in [0.15, 0.2) is 24.3 Å². The van der Waals surface area contributed by atoms with E-state index in [1.165, 1.54) is 19.3 Å². The molecule has 3 rings (SSSR count). The summed E-state index contributed by atoms with van der Waals surface area (Å²) in [5, 5.41) is 0. The second kappa shape index (κ2) is 6.00. The molecule has 0 spiro atoms. The smallest absolute Gasteiger partial charge is 0.143 e. The van der Waals surface area contributed by atoms with Crippen LogP contribution in [-0.4, -0.2) is 15.3 Å². The number of ketones is 1. The molecule has 0 N–H and O–H groups in total. The maximum absolute atomic E-state index is 12.5. The van der Waals surface area contributed by atoms with Crippen LogP contribution in [-0.2, 0) is 18.3 Å². The lowest BCUT2D eigenvalue weighted by molar-refractivity contribution is -0.123. The van der Waals surface area contributed by atoms with Gasteiger partial charge in [-0.1, -0.05) is 25.5 Å². The Morgan fingerprint density at radius 2 is 1.95 bits per heavy atom. The Morgan fingerprint density at radius 3 is 2.62 bits per heavy atom. The van der Waals surface area contributed by atoms with Gasteiger partial charge in [0.1, 0.15) is 11.6 Å². The average Bonchev–Trinajstić information content (AvgIpc) is 2.84. The van der Waals surface area contributed by atoms with Crippen molar-refractivity contribution < 1.29 is 4.79 Å². The number of benzene rings is 1. The lowest BCUT2D eigenvalue weighted by Gasteiger charge is -2.26. The number of hydrogen-bond donors (Lipinski definition) is 0. The monoisotopic (exact) mass is 284 g/mol. The fourth-order valence-electron chi connectivity index (χ4n) is 3.55. The predicted octanol–water partition coefficient (Wildman–Crippen LogP) is 3.90. The van der Waals surface area contributed by atoms with E-state index >= 15 is 0 Å². The second-order valence-electron chi connectivity index (χ2n) is 6.34. The normalized spacial score (nSPS) is 22.6. The quantitative estimate of drug-likeness (QED) is 0.853. The first-order chi connectivity index (χ1) is 10.2. The highest BCUT2D eigenvalue weighted by Gasteiger charge is 2.26. The third-order valence-corrected chi connectivity index (χ3v) is 5.09. The Bertz CT molecular complexity index is 636. The van der Waals surface area contributed by atoms with Gasteiger partial charge in [0.15, 0.2) is 0 Å². The molecule has 3 nitrogen and oxygen atoms in total. The standard InChI is InChI=1S/C18H24N2O/c1-3-13-8-10-14(11-9-13)17(21)12-18-19-15-6-4-5-7-16(15)20(18)2/h4-7,13-14H,3,8-12H2,1-2H3. The number of carbonyl (C=O) groups excluding carboxylic acids is 1. The van der Waals surface area contributed by atoms with Gasteiger partial charge in [0.2, 0.25) is 0 Å². The van der Waals surface area contributed by atoms with E-state index in [0.717, 1.165) is 35.6 Å². The van der Waals surface area contributed by atoms with Crippen LogP contribution in [0.2, 0.25) is 0 Å². The summed E-state index contributed by atoms with van der Waals surface area (Å²) in [6, 6.07) is 8.08. The summed E-state index contributed by atoms with van der Waals surface area (Å²) in [4.78, 5) is 17.2. The largest absolute Gasteiger partial charge is 0.331 e. The second-order valence-corrected chi connectivity index (χ2v) is 6.34. The number of hydrogen-bond acceptors (Lipinski definition) is 2. The summed E-state index contributed by atoms with van der Waals surface area (Å²) < 4.78 is 2.06. The molecule has 1 saturated carbocycles. The number of rotatable bonds is 4. The van der Waals surface area contributed by atoms with Crippen LogP contribution in [0.4, 0.5) is 0 Å². The van der Waals surface area contributed by atoms with Crippen molar-refractivity contribution in [2.75, 3.05) is 0 Å². The van der Waals surface area contributed by atoms with Crippen LogP contribution in [0.1, 0.15) is 44.9 Å². The zero-order valence-corrected chi connectivity index (χ0v) is 13.0. The predicted molar refractivity (Wildman–Crippen MR) is 85.2 cm³/mol. The molecule has 0 unspecified atom stereocenters. The molecule has 0 saturated heterocycles. The highest BCUT2D eigenvalue weighted by molar-refractivity contribution is 5.84. The molecule has 0 atom stereocenters. The Hall–Kier alpha value is -1.64. The molecule has 0 radical (unpaired) electrons. The molecule has 112 valence electrons. The van der Waals surface area contributed by atoms with Crippen molar-refractivity contribution in [1.29, 1.82) is 0 Å². The number of para-hydroxylation sites is 2. The number of aromatic nitrogens is 2. The van der Waals surface area contributed by atoms with Gasteiger partial charge in [0.25, 0.3) is 0 Å². The Kier molecular flexibility index (Phi) is 4.09. The van der Waals surface area contributed by atoms with E-state index in [4.69, 9.17) is 0 Å². The van der Waals surface area contributed by atoms with Crippen LogP contribution >= 0.6 is 0 Å². The van der Waals surface area contributed by atoms with E-state index in [1.54, 1.807) is 0 Å². The fourth-order valence-corrected chi connectivity index (χ4v) is 3.55. The SMILES string of the molecule is CCC1CCC(C(=O)Cc2nc3ccccc3n2C)CC1. The first-order valence-corrected chi connectivity index (χ1v) is 8.12. The molecule has 1 aromatic heterocycles. The zero-order chi connectivity index (χ0) is 14.8. The van der Waals surface area contributed by atoms with Crippen LogP contribution in [0.5, 0.6) is 0 Å². The first-order valence-electron chi connectivity index (χ1n) is 8.12. The van der Waals surface area contributed by atoms with Gasteiger partial charge >= 0.3 is 0 Å². The van der Waals surface area contributed by atoms with Crippen molar-refractivity contribution in [3.63, 3.8) is 0 Å². The number of imidazole rings is 1. The third-order valence-electron chi connectivity index (χ3n) is 5.09. The van der Waals surface area contributed by atoms with Crippen LogP contribution < -0.4 is 0 Å². The molecule has 1 aromatic carbocycles. The fraction of sp³-hybridized carbons (Fsp3) is 0.556. The van der Waals surface area contributed by atoms with E-state index in [2.05, 4.69) is 22.5 Å². The Morgan fingerprint density at radius 1 is 1.24 bits per heavy atom. The molecular weight excluding hydrogens is 260 g/mol. The van der Waals surface area contributed by atoms with Crippen LogP contribution in [0, 0.1) is 11.8 Å². The average molecular weight is 284 g/mol. The molecule has 2 aromatic rings. The maximum Gasteiger partial charge on any atom is 0.143 e. The molecular formula is C18H24N2O. The van der Waals surface area contributed by atoms with Gasteiger partial charge in [0, 0.05) is 13.0 Å². The Balaban J connectivity index is 1.70. The van der Waals surface area contributed by atoms with Crippen molar-refractivity contribution in [3.05, 3.63) is 30.1 Å². The van der Waals surface area contributed by atoms with Gasteiger partial charge in [0.05, 0.1) is 17.5 Å². The van der Waals surface area contributed by atoms with Gasteiger partial charge < -0.3 is 4.57 Å². The molecule has 1 heterocycles. The topological polar surface area (TPSA) is 34.9 Å². The van der Waals surface area contributed by atoms with Crippen molar-refractivity contribution in [1.82, 2.24) is 9.55 Å². The Labute approximate surface area is 126 Å². The highest BCUT2D eigenvalue weighted by atomic mass is 16.1. The number of fused-ring (bicyclic) bond motifs is 1. The summed E-state index contributed by atoms with van der Waals surface area (Å²) >= 11 is 0. The van der Waals surface area contributed by atoms with Gasteiger partial charge in [-0.05, 0) is 43.7 Å².